The van der Waals surface area contributed by atoms with Gasteiger partial charge in [0.2, 0.25) is 0 Å². The molecule has 0 unspecified atom stereocenters. The van der Waals surface area contributed by atoms with Crippen LogP contribution in [0.1, 0.15) is 18.4 Å². The first kappa shape index (κ1) is 20.0. The van der Waals surface area contributed by atoms with Crippen molar-refractivity contribution in [3.63, 3.8) is 0 Å². The highest BCUT2D eigenvalue weighted by Crippen LogP contribution is 2.20. The van der Waals surface area contributed by atoms with Gasteiger partial charge in [0.05, 0.1) is 19.8 Å². The van der Waals surface area contributed by atoms with E-state index >= 15 is 0 Å². The number of methoxy groups -OCH3 is 1. The van der Waals surface area contributed by atoms with Gasteiger partial charge in [-0.3, -0.25) is 4.79 Å². The van der Waals surface area contributed by atoms with Crippen molar-refractivity contribution >= 4 is 22.6 Å². The van der Waals surface area contributed by atoms with E-state index in [-0.39, 0.29) is 24.2 Å². The molecule has 0 bridgehead atoms. The summed E-state index contributed by atoms with van der Waals surface area (Å²) in [5, 5.41) is 3.76. The molecule has 2 heterocycles. The normalized spacial score (nSPS) is 15.8. The summed E-state index contributed by atoms with van der Waals surface area (Å²) in [4.78, 5) is 30.2. The summed E-state index contributed by atoms with van der Waals surface area (Å²) in [6.45, 7) is 1.31. The van der Waals surface area contributed by atoms with Gasteiger partial charge in [-0.05, 0) is 49.2 Å². The molecule has 0 spiro atoms. The van der Waals surface area contributed by atoms with Crippen LogP contribution in [0.25, 0.3) is 10.9 Å². The lowest BCUT2D eigenvalue weighted by Crippen LogP contribution is -2.40. The fraction of sp³-hybridized carbons (Fsp3) is 0.304. The highest BCUT2D eigenvalue weighted by molar-refractivity contribution is 5.89. The minimum absolute atomic E-state index is 0.0221. The zero-order valence-electron chi connectivity index (χ0n) is 16.9. The van der Waals surface area contributed by atoms with Crippen LogP contribution in [0.5, 0.6) is 5.75 Å². The van der Waals surface area contributed by atoms with Crippen LogP contribution in [0.2, 0.25) is 0 Å². The lowest BCUT2D eigenvalue weighted by atomic mass is 10.1. The number of para-hydroxylation sites is 1. The molecule has 30 heavy (non-hydrogen) atoms. The molecule has 1 aromatic heterocycles. The number of benzene rings is 2. The second kappa shape index (κ2) is 9.00. The van der Waals surface area contributed by atoms with Crippen molar-refractivity contribution in [3.05, 3.63) is 70.5 Å². The third kappa shape index (κ3) is 4.63. The molecule has 0 saturated carbocycles. The highest BCUT2D eigenvalue weighted by Gasteiger charge is 2.24. The quantitative estimate of drug-likeness (QED) is 0.652. The number of pyridine rings is 1. The van der Waals surface area contributed by atoms with Gasteiger partial charge in [-0.2, -0.15) is 0 Å². The lowest BCUT2D eigenvalue weighted by molar-refractivity contribution is 0.0818. The maximum Gasteiger partial charge on any atom is 0.322 e. The summed E-state index contributed by atoms with van der Waals surface area (Å²) in [5.41, 5.74) is 1.73. The Kier molecular flexibility index (Phi) is 5.99. The Balaban J connectivity index is 1.60. The van der Waals surface area contributed by atoms with E-state index in [4.69, 9.17) is 9.47 Å². The molecule has 7 heteroatoms. The molecular formula is C23H25N3O4. The van der Waals surface area contributed by atoms with Gasteiger partial charge < -0.3 is 24.7 Å². The smallest absolute Gasteiger partial charge is 0.322 e. The summed E-state index contributed by atoms with van der Waals surface area (Å²) in [5.74, 6) is 0.707. The second-order valence-electron chi connectivity index (χ2n) is 7.39. The van der Waals surface area contributed by atoms with Crippen LogP contribution in [0.15, 0.2) is 59.4 Å². The number of ether oxygens (including phenoxy) is 2. The molecule has 1 aliphatic heterocycles. The highest BCUT2D eigenvalue weighted by atomic mass is 16.5. The number of aromatic nitrogens is 1. The van der Waals surface area contributed by atoms with Crippen LogP contribution in [0, 0.1) is 0 Å². The molecule has 1 saturated heterocycles. The van der Waals surface area contributed by atoms with Crippen LogP contribution in [0.3, 0.4) is 0 Å². The van der Waals surface area contributed by atoms with E-state index in [0.717, 1.165) is 23.7 Å². The molecule has 2 aromatic carbocycles. The van der Waals surface area contributed by atoms with E-state index in [2.05, 4.69) is 10.3 Å². The van der Waals surface area contributed by atoms with Crippen LogP contribution in [0.4, 0.5) is 10.5 Å². The topological polar surface area (TPSA) is 83.7 Å². The van der Waals surface area contributed by atoms with Crippen molar-refractivity contribution in [2.75, 3.05) is 25.6 Å². The van der Waals surface area contributed by atoms with E-state index in [1.165, 1.54) is 0 Å². The number of rotatable bonds is 6. The van der Waals surface area contributed by atoms with Gasteiger partial charge in [-0.15, -0.1) is 0 Å². The molecule has 1 atom stereocenters. The SMILES string of the molecule is COc1ccc2[nH]c(=O)c(CN(C[C@H]3CCCO3)C(=O)Nc3ccccc3)cc2c1. The molecule has 1 fully saturated rings. The fourth-order valence-corrected chi connectivity index (χ4v) is 3.66. The average molecular weight is 407 g/mol. The molecule has 2 N–H and O–H groups in total. The van der Waals surface area contributed by atoms with Crippen molar-refractivity contribution in [2.45, 2.75) is 25.5 Å². The van der Waals surface area contributed by atoms with Gasteiger partial charge >= 0.3 is 6.03 Å². The molecule has 1 aliphatic rings. The van der Waals surface area contributed by atoms with Gasteiger partial charge in [-0.1, -0.05) is 18.2 Å². The number of hydrogen-bond acceptors (Lipinski definition) is 4. The standard InChI is InChI=1S/C23H25N3O4/c1-29-19-9-10-21-16(13-19)12-17(22(27)25-21)14-26(15-20-8-5-11-30-20)23(28)24-18-6-3-2-4-7-18/h2-4,6-7,9-10,12-13,20H,5,8,11,14-15H2,1H3,(H,24,28)(H,25,27)/t20-/m1/s1. The van der Waals surface area contributed by atoms with E-state index < -0.39 is 0 Å². The molecule has 4 rings (SSSR count). The molecule has 0 radical (unpaired) electrons. The number of nitrogens with zero attached hydrogens (tertiary/aromatic N) is 1. The van der Waals surface area contributed by atoms with Crippen LogP contribution in [-0.4, -0.2) is 42.3 Å². The maximum absolute atomic E-state index is 13.0. The summed E-state index contributed by atoms with van der Waals surface area (Å²) in [7, 11) is 1.60. The Morgan fingerprint density at radius 2 is 2.07 bits per heavy atom. The van der Waals surface area contributed by atoms with Gasteiger partial charge in [0.1, 0.15) is 5.75 Å². The fourth-order valence-electron chi connectivity index (χ4n) is 3.66. The summed E-state index contributed by atoms with van der Waals surface area (Å²) >= 11 is 0. The van der Waals surface area contributed by atoms with Crippen LogP contribution < -0.4 is 15.6 Å². The largest absolute Gasteiger partial charge is 0.497 e. The summed E-state index contributed by atoms with van der Waals surface area (Å²) < 4.78 is 11.0. The second-order valence-corrected chi connectivity index (χ2v) is 7.39. The molecule has 0 aliphatic carbocycles. The van der Waals surface area contributed by atoms with Crippen molar-refractivity contribution < 1.29 is 14.3 Å². The summed E-state index contributed by atoms with van der Waals surface area (Å²) in [6, 6.07) is 16.3. The predicted molar refractivity (Wildman–Crippen MR) is 116 cm³/mol. The first-order valence-corrected chi connectivity index (χ1v) is 10.0. The van der Waals surface area contributed by atoms with Gasteiger partial charge in [-0.25, -0.2) is 4.79 Å². The van der Waals surface area contributed by atoms with Crippen molar-refractivity contribution in [3.8, 4) is 5.75 Å². The Morgan fingerprint density at radius 3 is 2.80 bits per heavy atom. The molecule has 2 amide bonds. The third-order valence-electron chi connectivity index (χ3n) is 5.25. The Labute approximate surface area is 174 Å². The number of anilines is 1. The number of H-pyrrole nitrogens is 1. The molecule has 7 nitrogen and oxygen atoms in total. The molecule has 3 aromatic rings. The number of fused-ring (bicyclic) bond motifs is 1. The van der Waals surface area contributed by atoms with Crippen molar-refractivity contribution in [1.82, 2.24) is 9.88 Å². The molecule has 156 valence electrons. The summed E-state index contributed by atoms with van der Waals surface area (Å²) in [6.07, 6.45) is 1.86. The number of amides is 2. The minimum atomic E-state index is -0.262. The number of nitrogens with one attached hydrogen (secondary N) is 2. The zero-order valence-corrected chi connectivity index (χ0v) is 16.9. The zero-order chi connectivity index (χ0) is 20.9. The minimum Gasteiger partial charge on any atom is -0.497 e. The number of urea groups is 1. The third-order valence-corrected chi connectivity index (χ3v) is 5.25. The monoisotopic (exact) mass is 407 g/mol. The van der Waals surface area contributed by atoms with Crippen molar-refractivity contribution in [1.29, 1.82) is 0 Å². The van der Waals surface area contributed by atoms with Gasteiger partial charge in [0, 0.05) is 35.3 Å². The molecular weight excluding hydrogens is 382 g/mol. The first-order chi connectivity index (χ1) is 14.6. The number of carbonyl (C=O) groups excluding carboxylic acids is 1. The van der Waals surface area contributed by atoms with Gasteiger partial charge in [0.15, 0.2) is 0 Å². The number of aromatic amines is 1. The Hall–Kier alpha value is -3.32. The van der Waals surface area contributed by atoms with E-state index in [0.29, 0.717) is 30.2 Å². The predicted octanol–water partition coefficient (Wildman–Crippen LogP) is 3.75. The van der Waals surface area contributed by atoms with Crippen LogP contribution >= 0.6 is 0 Å². The number of carbonyl (C=O) groups is 1. The van der Waals surface area contributed by atoms with E-state index in [9.17, 15) is 9.59 Å². The van der Waals surface area contributed by atoms with E-state index in [1.807, 2.05) is 48.5 Å². The van der Waals surface area contributed by atoms with Gasteiger partial charge in [0.25, 0.3) is 5.56 Å². The average Bonchev–Trinajstić information content (AvgIpc) is 3.27. The lowest BCUT2D eigenvalue weighted by Gasteiger charge is -2.25. The van der Waals surface area contributed by atoms with Crippen LogP contribution in [-0.2, 0) is 11.3 Å². The Bertz CT molecular complexity index is 1070. The Morgan fingerprint density at radius 1 is 1.23 bits per heavy atom. The van der Waals surface area contributed by atoms with Crippen molar-refractivity contribution in [2.24, 2.45) is 0 Å². The first-order valence-electron chi connectivity index (χ1n) is 10.0. The van der Waals surface area contributed by atoms with E-state index in [1.54, 1.807) is 18.1 Å². The number of hydrogen-bond donors (Lipinski definition) is 2. The maximum atomic E-state index is 13.0.